The molecule has 0 aromatic heterocycles. The number of hydrogen-bond donors (Lipinski definition) is 4. The summed E-state index contributed by atoms with van der Waals surface area (Å²) in [5.74, 6) is -1.38. The first-order valence-electron chi connectivity index (χ1n) is 7.95. The third kappa shape index (κ3) is 7.93. The van der Waals surface area contributed by atoms with Crippen LogP contribution in [0.2, 0.25) is 0 Å². The van der Waals surface area contributed by atoms with E-state index in [2.05, 4.69) is 0 Å². The molecule has 0 aliphatic carbocycles. The van der Waals surface area contributed by atoms with Gasteiger partial charge in [0.2, 0.25) is 11.5 Å². The number of ether oxygens (including phenoxy) is 6. The normalized spacial score (nSPS) is 21.2. The van der Waals surface area contributed by atoms with Crippen molar-refractivity contribution in [1.82, 2.24) is 0 Å². The molecule has 14 nitrogen and oxygen atoms in total. The summed E-state index contributed by atoms with van der Waals surface area (Å²) in [6.07, 6.45) is -4.40. The SMILES string of the molecule is COC1=C(OC)[C@@H]([C@@H](O)CO)OC1=O.COC1=C(OC)[C@@H]([C@@H](O)CO)OC1=O.O.O.[Ca+2]. The Balaban J connectivity index is -0.000000461. The van der Waals surface area contributed by atoms with Gasteiger partial charge in [0.05, 0.1) is 41.7 Å². The molecule has 0 saturated heterocycles. The summed E-state index contributed by atoms with van der Waals surface area (Å²) in [4.78, 5) is 22.3. The molecule has 0 unspecified atom stereocenters. The summed E-state index contributed by atoms with van der Waals surface area (Å²) >= 11 is 0. The minimum absolute atomic E-state index is 0. The molecular weight excluding hydrogens is 456 g/mol. The van der Waals surface area contributed by atoms with Crippen LogP contribution in [-0.4, -0.2) is 147 Å². The Morgan fingerprint density at radius 1 is 0.742 bits per heavy atom. The molecule has 0 bridgehead atoms. The third-order valence-electron chi connectivity index (χ3n) is 3.72. The summed E-state index contributed by atoms with van der Waals surface area (Å²) < 4.78 is 28.7. The van der Waals surface area contributed by atoms with Gasteiger partial charge in [0.25, 0.3) is 0 Å². The van der Waals surface area contributed by atoms with Gasteiger partial charge in [-0.25, -0.2) is 9.59 Å². The van der Waals surface area contributed by atoms with E-state index in [1.165, 1.54) is 28.4 Å². The van der Waals surface area contributed by atoms with Crippen molar-refractivity contribution in [2.75, 3.05) is 41.7 Å². The van der Waals surface area contributed by atoms with Gasteiger partial charge >= 0.3 is 49.7 Å². The van der Waals surface area contributed by atoms with Gasteiger partial charge in [0.1, 0.15) is 12.2 Å². The molecule has 2 heterocycles. The van der Waals surface area contributed by atoms with Crippen LogP contribution in [0, 0.1) is 0 Å². The molecule has 176 valence electrons. The van der Waals surface area contributed by atoms with Crippen molar-refractivity contribution >= 4 is 49.7 Å². The maximum atomic E-state index is 11.1. The van der Waals surface area contributed by atoms with E-state index in [0.29, 0.717) is 0 Å². The quantitative estimate of drug-likeness (QED) is 0.188. The average molecular weight is 484 g/mol. The minimum Gasteiger partial charge on any atom is -0.493 e. The standard InChI is InChI=1S/2C8H12O6.Ca.2H2O/c2*1-12-6-5(4(10)3-9)14-8(11)7(6)13-2;;;/h2*4-5,9-10H,3H2,1-2H3;;2*1H2/q;;+2;;/t2*4-,5+;;;/m00.../s1. The zero-order valence-corrected chi connectivity index (χ0v) is 19.7. The fraction of sp³-hybridized carbons (Fsp3) is 0.625. The average Bonchev–Trinajstić information content (AvgIpc) is 3.22. The molecular formula is C16H28CaO14+2. The Kier molecular flexibility index (Phi) is 18.0. The van der Waals surface area contributed by atoms with Gasteiger partial charge in [-0.2, -0.15) is 0 Å². The van der Waals surface area contributed by atoms with Crippen molar-refractivity contribution in [3.05, 3.63) is 23.0 Å². The fourth-order valence-corrected chi connectivity index (χ4v) is 2.39. The molecule has 2 aliphatic heterocycles. The predicted molar refractivity (Wildman–Crippen MR) is 101 cm³/mol. The van der Waals surface area contributed by atoms with Gasteiger partial charge in [-0.05, 0) is 0 Å². The maximum Gasteiger partial charge on any atom is 2.00 e. The summed E-state index contributed by atoms with van der Waals surface area (Å²) in [7, 11) is 5.24. The van der Waals surface area contributed by atoms with E-state index in [9.17, 15) is 19.8 Å². The Hall–Kier alpha value is -1.36. The van der Waals surface area contributed by atoms with E-state index in [0.717, 1.165) is 0 Å². The number of cyclic esters (lactones) is 2. The monoisotopic (exact) mass is 484 g/mol. The van der Waals surface area contributed by atoms with Crippen molar-refractivity contribution in [3.63, 3.8) is 0 Å². The van der Waals surface area contributed by atoms with Crippen LogP contribution in [-0.2, 0) is 38.0 Å². The maximum absolute atomic E-state index is 11.1. The Labute approximate surface area is 207 Å². The number of aliphatic hydroxyl groups excluding tert-OH is 4. The van der Waals surface area contributed by atoms with Crippen molar-refractivity contribution in [1.29, 1.82) is 0 Å². The van der Waals surface area contributed by atoms with Gasteiger partial charge in [-0.15, -0.1) is 0 Å². The number of aliphatic hydroxyl groups is 4. The van der Waals surface area contributed by atoms with E-state index < -0.39 is 49.6 Å². The van der Waals surface area contributed by atoms with E-state index in [1.807, 2.05) is 0 Å². The molecule has 0 aromatic carbocycles. The van der Waals surface area contributed by atoms with Gasteiger partial charge in [0, 0.05) is 0 Å². The topological polar surface area (TPSA) is 233 Å². The molecule has 4 atom stereocenters. The first-order valence-corrected chi connectivity index (χ1v) is 7.95. The second-order valence-corrected chi connectivity index (χ2v) is 5.35. The molecule has 0 amide bonds. The van der Waals surface area contributed by atoms with Crippen LogP contribution in [0.25, 0.3) is 0 Å². The molecule has 15 heteroatoms. The Morgan fingerprint density at radius 2 is 1.03 bits per heavy atom. The number of carbonyl (C=O) groups is 2. The number of carbonyl (C=O) groups excluding carboxylic acids is 2. The molecule has 2 aliphatic rings. The van der Waals surface area contributed by atoms with Crippen LogP contribution in [0.4, 0.5) is 0 Å². The Morgan fingerprint density at radius 3 is 1.23 bits per heavy atom. The van der Waals surface area contributed by atoms with Crippen LogP contribution in [0.1, 0.15) is 0 Å². The number of hydrogen-bond acceptors (Lipinski definition) is 12. The van der Waals surface area contributed by atoms with Crippen molar-refractivity contribution in [3.8, 4) is 0 Å². The zero-order valence-electron chi connectivity index (χ0n) is 17.5. The van der Waals surface area contributed by atoms with E-state index in [-0.39, 0.29) is 71.7 Å². The molecule has 2 rings (SSSR count). The largest absolute Gasteiger partial charge is 2.00 e. The van der Waals surface area contributed by atoms with Crippen LogP contribution in [0.3, 0.4) is 0 Å². The van der Waals surface area contributed by atoms with Gasteiger partial charge in [-0.1, -0.05) is 0 Å². The summed E-state index contributed by atoms with van der Waals surface area (Å²) in [5, 5.41) is 36.0. The smallest absolute Gasteiger partial charge is 0.493 e. The molecule has 0 fully saturated rings. The summed E-state index contributed by atoms with van der Waals surface area (Å²) in [6.45, 7) is -1.05. The third-order valence-corrected chi connectivity index (χ3v) is 3.72. The first-order chi connectivity index (χ1) is 13.3. The number of methoxy groups -OCH3 is 4. The van der Waals surface area contributed by atoms with Gasteiger partial charge in [0.15, 0.2) is 23.7 Å². The molecule has 8 N–H and O–H groups in total. The molecule has 0 saturated carbocycles. The van der Waals surface area contributed by atoms with Crippen LogP contribution in [0.15, 0.2) is 23.0 Å². The minimum atomic E-state index is -1.21. The number of esters is 2. The van der Waals surface area contributed by atoms with Crippen molar-refractivity contribution in [2.45, 2.75) is 24.4 Å². The summed E-state index contributed by atoms with van der Waals surface area (Å²) in [5.41, 5.74) is 0. The number of rotatable bonds is 8. The van der Waals surface area contributed by atoms with E-state index in [4.69, 9.17) is 38.6 Å². The van der Waals surface area contributed by atoms with Crippen molar-refractivity contribution < 1.29 is 69.4 Å². The van der Waals surface area contributed by atoms with E-state index >= 15 is 0 Å². The van der Waals surface area contributed by atoms with Gasteiger partial charge < -0.3 is 59.8 Å². The molecule has 0 radical (unpaired) electrons. The fourth-order valence-electron chi connectivity index (χ4n) is 2.39. The second-order valence-electron chi connectivity index (χ2n) is 5.35. The van der Waals surface area contributed by atoms with Crippen LogP contribution < -0.4 is 0 Å². The molecule has 0 aromatic rings. The Bertz CT molecular complexity index is 580. The second kappa shape index (κ2) is 16.3. The van der Waals surface area contributed by atoms with Crippen molar-refractivity contribution in [2.24, 2.45) is 0 Å². The van der Waals surface area contributed by atoms with E-state index in [1.54, 1.807) is 0 Å². The predicted octanol–water partition coefficient (Wildman–Crippen LogP) is -4.49. The van der Waals surface area contributed by atoms with Crippen LogP contribution >= 0.6 is 0 Å². The van der Waals surface area contributed by atoms with Gasteiger partial charge in [-0.3, -0.25) is 0 Å². The molecule has 0 spiro atoms. The van der Waals surface area contributed by atoms with Crippen LogP contribution in [0.5, 0.6) is 0 Å². The first kappa shape index (κ1) is 34.3. The molecule has 31 heavy (non-hydrogen) atoms. The summed E-state index contributed by atoms with van der Waals surface area (Å²) in [6, 6.07) is 0. The zero-order chi connectivity index (χ0) is 21.4.